The third kappa shape index (κ3) is 5.72. The Morgan fingerprint density at radius 2 is 1.88 bits per heavy atom. The van der Waals surface area contributed by atoms with Gasteiger partial charge in [0.05, 0.1) is 18.7 Å². The summed E-state index contributed by atoms with van der Waals surface area (Å²) in [6.07, 6.45) is 1.74. The van der Waals surface area contributed by atoms with E-state index in [1.165, 1.54) is 18.7 Å². The first-order valence-electron chi connectivity index (χ1n) is 14.4. The average molecular weight is 571 g/mol. The molecule has 4 atom stereocenters. The maximum Gasteiger partial charge on any atom is 0.243 e. The SMILES string of the molecule is COc1ccc(C[C@@H]2C[C@@H](C(=O)NCc3ccc4c(c3)nnn4C)N(C(=O)[C@H]3C[C@@H](c4ccccc4)CN3)C2)cc1F. The van der Waals surface area contributed by atoms with Gasteiger partial charge in [-0.15, -0.1) is 5.10 Å². The van der Waals surface area contributed by atoms with Crippen LogP contribution in [0.3, 0.4) is 0 Å². The smallest absolute Gasteiger partial charge is 0.243 e. The molecule has 10 heteroatoms. The van der Waals surface area contributed by atoms with Gasteiger partial charge < -0.3 is 20.3 Å². The fourth-order valence-corrected chi connectivity index (χ4v) is 6.34. The van der Waals surface area contributed by atoms with E-state index in [0.717, 1.165) is 22.2 Å². The van der Waals surface area contributed by atoms with Crippen molar-refractivity contribution in [2.45, 2.75) is 43.8 Å². The van der Waals surface area contributed by atoms with Gasteiger partial charge in [0.2, 0.25) is 11.8 Å². The summed E-state index contributed by atoms with van der Waals surface area (Å²) in [5.74, 6) is -0.220. The molecule has 0 radical (unpaired) electrons. The lowest BCUT2D eigenvalue weighted by atomic mass is 9.96. The van der Waals surface area contributed by atoms with Crippen molar-refractivity contribution in [1.82, 2.24) is 30.5 Å². The molecule has 3 heterocycles. The summed E-state index contributed by atoms with van der Waals surface area (Å²) < 4.78 is 21.2. The highest BCUT2D eigenvalue weighted by Crippen LogP contribution is 2.32. The van der Waals surface area contributed by atoms with Crippen LogP contribution in [0.5, 0.6) is 5.75 Å². The van der Waals surface area contributed by atoms with E-state index in [1.807, 2.05) is 49.5 Å². The largest absolute Gasteiger partial charge is 0.494 e. The monoisotopic (exact) mass is 570 g/mol. The second-order valence-electron chi connectivity index (χ2n) is 11.3. The van der Waals surface area contributed by atoms with E-state index in [1.54, 1.807) is 15.6 Å². The van der Waals surface area contributed by atoms with Crippen molar-refractivity contribution in [1.29, 1.82) is 0 Å². The third-order valence-corrected chi connectivity index (χ3v) is 8.56. The normalized spacial score (nSPS) is 22.0. The Balaban J connectivity index is 1.17. The van der Waals surface area contributed by atoms with Crippen molar-refractivity contribution in [2.24, 2.45) is 13.0 Å². The molecule has 2 aliphatic heterocycles. The molecule has 0 saturated carbocycles. The third-order valence-electron chi connectivity index (χ3n) is 8.56. The molecule has 2 N–H and O–H groups in total. The molecule has 0 aliphatic carbocycles. The molecule has 6 rings (SSSR count). The van der Waals surface area contributed by atoms with Crippen LogP contribution in [0.2, 0.25) is 0 Å². The van der Waals surface area contributed by atoms with Gasteiger partial charge in [0.15, 0.2) is 11.6 Å². The predicted octanol–water partition coefficient (Wildman–Crippen LogP) is 3.34. The highest BCUT2D eigenvalue weighted by Gasteiger charge is 2.43. The van der Waals surface area contributed by atoms with E-state index < -0.39 is 11.9 Å². The molecule has 9 nitrogen and oxygen atoms in total. The quantitative estimate of drug-likeness (QED) is 0.337. The lowest BCUT2D eigenvalue weighted by Gasteiger charge is -2.27. The highest BCUT2D eigenvalue weighted by molar-refractivity contribution is 5.90. The average Bonchev–Trinajstić information content (AvgIpc) is 3.75. The molecule has 218 valence electrons. The Morgan fingerprint density at radius 1 is 1.07 bits per heavy atom. The Labute approximate surface area is 244 Å². The number of hydrogen-bond donors (Lipinski definition) is 2. The maximum atomic E-state index is 14.4. The first-order chi connectivity index (χ1) is 20.4. The van der Waals surface area contributed by atoms with Gasteiger partial charge in [0.1, 0.15) is 11.6 Å². The Morgan fingerprint density at radius 3 is 2.67 bits per heavy atom. The Hall–Kier alpha value is -4.31. The zero-order chi connectivity index (χ0) is 29.2. The van der Waals surface area contributed by atoms with Gasteiger partial charge in [-0.3, -0.25) is 9.59 Å². The van der Waals surface area contributed by atoms with Crippen LogP contribution in [-0.4, -0.2) is 64.0 Å². The number of ether oxygens (including phenoxy) is 1. The number of methoxy groups -OCH3 is 1. The van der Waals surface area contributed by atoms with Crippen LogP contribution in [-0.2, 0) is 29.6 Å². The van der Waals surface area contributed by atoms with Gasteiger partial charge in [-0.25, -0.2) is 9.07 Å². The summed E-state index contributed by atoms with van der Waals surface area (Å²) >= 11 is 0. The number of aromatic nitrogens is 3. The van der Waals surface area contributed by atoms with E-state index >= 15 is 0 Å². The lowest BCUT2D eigenvalue weighted by Crippen LogP contribution is -2.51. The van der Waals surface area contributed by atoms with Crippen molar-refractivity contribution in [3.8, 4) is 5.75 Å². The van der Waals surface area contributed by atoms with Crippen molar-refractivity contribution in [3.05, 3.63) is 89.2 Å². The number of nitrogens with zero attached hydrogens (tertiary/aromatic N) is 4. The van der Waals surface area contributed by atoms with Crippen molar-refractivity contribution >= 4 is 22.8 Å². The number of likely N-dealkylation sites (tertiary alicyclic amines) is 1. The number of carbonyl (C=O) groups excluding carboxylic acids is 2. The van der Waals surface area contributed by atoms with Crippen LogP contribution in [0.1, 0.15) is 35.4 Å². The molecular weight excluding hydrogens is 535 g/mol. The number of rotatable bonds is 8. The molecule has 0 spiro atoms. The zero-order valence-corrected chi connectivity index (χ0v) is 23.8. The molecule has 42 heavy (non-hydrogen) atoms. The molecule has 2 saturated heterocycles. The van der Waals surface area contributed by atoms with E-state index in [4.69, 9.17) is 4.74 Å². The molecule has 0 unspecified atom stereocenters. The van der Waals surface area contributed by atoms with Crippen molar-refractivity contribution in [2.75, 3.05) is 20.2 Å². The highest BCUT2D eigenvalue weighted by atomic mass is 19.1. The van der Waals surface area contributed by atoms with Gasteiger partial charge in [0.25, 0.3) is 0 Å². The van der Waals surface area contributed by atoms with Crippen LogP contribution in [0, 0.1) is 11.7 Å². The molecule has 2 amide bonds. The fraction of sp³-hybridized carbons (Fsp3) is 0.375. The van der Waals surface area contributed by atoms with Crippen LogP contribution >= 0.6 is 0 Å². The molecule has 2 fully saturated rings. The number of carbonyl (C=O) groups is 2. The topological polar surface area (TPSA) is 101 Å². The summed E-state index contributed by atoms with van der Waals surface area (Å²) in [5, 5.41) is 14.7. The van der Waals surface area contributed by atoms with Crippen LogP contribution in [0.4, 0.5) is 4.39 Å². The number of aryl methyl sites for hydroxylation is 1. The Kier molecular flexibility index (Phi) is 7.88. The lowest BCUT2D eigenvalue weighted by molar-refractivity contribution is -0.139. The minimum Gasteiger partial charge on any atom is -0.494 e. The van der Waals surface area contributed by atoms with E-state index in [2.05, 4.69) is 33.1 Å². The van der Waals surface area contributed by atoms with Gasteiger partial charge in [-0.2, -0.15) is 0 Å². The van der Waals surface area contributed by atoms with Gasteiger partial charge in [-0.05, 0) is 72.1 Å². The first kappa shape index (κ1) is 27.8. The molecule has 2 aliphatic rings. The number of benzene rings is 3. The van der Waals surface area contributed by atoms with E-state index in [0.29, 0.717) is 38.9 Å². The predicted molar refractivity (Wildman–Crippen MR) is 156 cm³/mol. The van der Waals surface area contributed by atoms with E-state index in [-0.39, 0.29) is 35.4 Å². The summed E-state index contributed by atoms with van der Waals surface area (Å²) in [4.78, 5) is 29.2. The van der Waals surface area contributed by atoms with Crippen LogP contribution in [0.15, 0.2) is 66.7 Å². The van der Waals surface area contributed by atoms with Gasteiger partial charge >= 0.3 is 0 Å². The minimum absolute atomic E-state index is 0.0137. The second kappa shape index (κ2) is 11.9. The molecule has 1 aromatic heterocycles. The second-order valence-corrected chi connectivity index (χ2v) is 11.3. The summed E-state index contributed by atoms with van der Waals surface area (Å²) in [7, 11) is 3.27. The van der Waals surface area contributed by atoms with Crippen molar-refractivity contribution in [3.63, 3.8) is 0 Å². The number of fused-ring (bicyclic) bond motifs is 1. The number of nitrogens with one attached hydrogen (secondary N) is 2. The summed E-state index contributed by atoms with van der Waals surface area (Å²) in [6, 6.07) is 19.9. The Bertz CT molecular complexity index is 1590. The zero-order valence-electron chi connectivity index (χ0n) is 23.8. The van der Waals surface area contributed by atoms with Crippen LogP contribution < -0.4 is 15.4 Å². The fourth-order valence-electron chi connectivity index (χ4n) is 6.34. The number of hydrogen-bond acceptors (Lipinski definition) is 6. The molecule has 3 aromatic carbocycles. The summed E-state index contributed by atoms with van der Waals surface area (Å²) in [5.41, 5.74) is 4.59. The number of amides is 2. The van der Waals surface area contributed by atoms with Crippen LogP contribution in [0.25, 0.3) is 11.0 Å². The minimum atomic E-state index is -0.608. The first-order valence-corrected chi connectivity index (χ1v) is 14.4. The van der Waals surface area contributed by atoms with Gasteiger partial charge in [0, 0.05) is 26.7 Å². The summed E-state index contributed by atoms with van der Waals surface area (Å²) in [6.45, 7) is 1.46. The van der Waals surface area contributed by atoms with Gasteiger partial charge in [-0.1, -0.05) is 47.7 Å². The van der Waals surface area contributed by atoms with Crippen molar-refractivity contribution < 1.29 is 18.7 Å². The maximum absolute atomic E-state index is 14.4. The van der Waals surface area contributed by atoms with E-state index in [9.17, 15) is 14.0 Å². The standard InChI is InChI=1S/C32H35FN6O3/c1-38-28-10-8-21(14-26(28)36-37-38)17-35-31(40)29-15-22(12-20-9-11-30(42-2)25(33)13-20)19-39(29)32(41)27-16-24(18-34-27)23-6-4-3-5-7-23/h3-11,13-14,22,24,27,29,34H,12,15-19H2,1-2H3,(H,35,40)/t22-,24-,27-,29+/m1/s1. The molecule has 0 bridgehead atoms. The molecular formula is C32H35FN6O3. The number of halogens is 1. The molecule has 4 aromatic rings.